The van der Waals surface area contributed by atoms with Gasteiger partial charge in [-0.1, -0.05) is 0 Å². The van der Waals surface area contributed by atoms with Crippen molar-refractivity contribution in [3.05, 3.63) is 41.5 Å². The maximum atomic E-state index is 11.8. The maximum Gasteiger partial charge on any atom is 0.273 e. The molecule has 0 amide bonds. The molecular formula is C11H10N6O. The van der Waals surface area contributed by atoms with Crippen molar-refractivity contribution >= 4 is 22.3 Å². The Hall–Kier alpha value is -2.70. The quantitative estimate of drug-likeness (QED) is 0.693. The van der Waals surface area contributed by atoms with Crippen molar-refractivity contribution in [3.8, 4) is 0 Å². The van der Waals surface area contributed by atoms with Gasteiger partial charge in [0.05, 0.1) is 11.9 Å². The van der Waals surface area contributed by atoms with Crippen LogP contribution in [0.25, 0.3) is 10.9 Å². The number of nitrogens with one attached hydrogen (secondary N) is 2. The lowest BCUT2D eigenvalue weighted by molar-refractivity contribution is 0.768. The summed E-state index contributed by atoms with van der Waals surface area (Å²) in [6.07, 6.45) is 8.06. The van der Waals surface area contributed by atoms with E-state index in [0.29, 0.717) is 11.2 Å². The summed E-state index contributed by atoms with van der Waals surface area (Å²) in [5, 5.41) is 7.82. The second-order valence-corrected chi connectivity index (χ2v) is 3.85. The number of hydrogen-bond acceptors (Lipinski definition) is 5. The summed E-state index contributed by atoms with van der Waals surface area (Å²) in [5.41, 5.74) is 1.47. The Kier molecular flexibility index (Phi) is 2.30. The minimum atomic E-state index is -0.231. The highest BCUT2D eigenvalue weighted by molar-refractivity contribution is 5.90. The van der Waals surface area contributed by atoms with Crippen molar-refractivity contribution in [3.63, 3.8) is 0 Å². The molecule has 3 aromatic rings. The van der Waals surface area contributed by atoms with Crippen LogP contribution in [0.1, 0.15) is 0 Å². The number of rotatable bonds is 2. The highest BCUT2D eigenvalue weighted by Gasteiger charge is 2.08. The third-order valence-corrected chi connectivity index (χ3v) is 2.54. The average Bonchev–Trinajstić information content (AvgIpc) is 2.79. The predicted molar refractivity (Wildman–Crippen MR) is 66.6 cm³/mol. The van der Waals surface area contributed by atoms with Crippen LogP contribution in [0.4, 0.5) is 11.4 Å². The standard InChI is InChI=1S/C11H10N6O/c1-17-5-8(4-15-17)16-10-9-7(2-12-6-14-9)3-13-11(10)18/h2-6,16H,1H3,(H,13,18). The van der Waals surface area contributed by atoms with E-state index in [1.165, 1.54) is 6.33 Å². The van der Waals surface area contributed by atoms with Crippen LogP contribution in [0.3, 0.4) is 0 Å². The number of aromatic nitrogens is 5. The van der Waals surface area contributed by atoms with Crippen LogP contribution in [0.15, 0.2) is 35.9 Å². The minimum absolute atomic E-state index is 0.231. The first-order valence-corrected chi connectivity index (χ1v) is 5.31. The number of nitrogens with zero attached hydrogens (tertiary/aromatic N) is 4. The Bertz CT molecular complexity index is 759. The van der Waals surface area contributed by atoms with Gasteiger partial charge in [-0.05, 0) is 0 Å². The second kappa shape index (κ2) is 3.95. The molecule has 7 heteroatoms. The smallest absolute Gasteiger partial charge is 0.273 e. The first-order chi connectivity index (χ1) is 8.74. The maximum absolute atomic E-state index is 11.8. The molecule has 0 saturated heterocycles. The number of fused-ring (bicyclic) bond motifs is 1. The summed E-state index contributed by atoms with van der Waals surface area (Å²) in [6.45, 7) is 0. The van der Waals surface area contributed by atoms with E-state index in [1.54, 1.807) is 36.5 Å². The molecule has 0 aliphatic heterocycles. The predicted octanol–water partition coefficient (Wildman–Crippen LogP) is 0.795. The van der Waals surface area contributed by atoms with Gasteiger partial charge in [0.15, 0.2) is 0 Å². The fourth-order valence-electron chi connectivity index (χ4n) is 1.72. The average molecular weight is 242 g/mol. The van der Waals surface area contributed by atoms with Crippen molar-refractivity contribution in [2.24, 2.45) is 7.05 Å². The van der Waals surface area contributed by atoms with Crippen LogP contribution in [0.2, 0.25) is 0 Å². The molecule has 7 nitrogen and oxygen atoms in total. The number of hydrogen-bond donors (Lipinski definition) is 2. The first-order valence-electron chi connectivity index (χ1n) is 5.31. The summed E-state index contributed by atoms with van der Waals surface area (Å²) >= 11 is 0. The molecule has 2 N–H and O–H groups in total. The van der Waals surface area contributed by atoms with E-state index in [9.17, 15) is 4.79 Å². The molecule has 0 radical (unpaired) electrons. The van der Waals surface area contributed by atoms with E-state index >= 15 is 0 Å². The summed E-state index contributed by atoms with van der Waals surface area (Å²) in [6, 6.07) is 0. The van der Waals surface area contributed by atoms with E-state index in [4.69, 9.17) is 0 Å². The number of anilines is 2. The zero-order chi connectivity index (χ0) is 12.5. The normalized spacial score (nSPS) is 10.7. The van der Waals surface area contributed by atoms with Gasteiger partial charge >= 0.3 is 0 Å². The molecule has 3 rings (SSSR count). The summed E-state index contributed by atoms with van der Waals surface area (Å²) in [4.78, 5) is 22.5. The molecule has 3 heterocycles. The number of H-pyrrole nitrogens is 1. The SMILES string of the molecule is Cn1cc(Nc2c(=O)[nH]cc3cncnc23)cn1. The zero-order valence-electron chi connectivity index (χ0n) is 9.58. The van der Waals surface area contributed by atoms with Gasteiger partial charge in [0.1, 0.15) is 17.5 Å². The molecule has 0 aliphatic rings. The molecule has 3 aromatic heterocycles. The summed E-state index contributed by atoms with van der Waals surface area (Å²) < 4.78 is 1.65. The monoisotopic (exact) mass is 242 g/mol. The van der Waals surface area contributed by atoms with Gasteiger partial charge in [-0.2, -0.15) is 5.10 Å². The third kappa shape index (κ3) is 1.71. The highest BCUT2D eigenvalue weighted by Crippen LogP contribution is 2.18. The van der Waals surface area contributed by atoms with Gasteiger partial charge in [0, 0.05) is 31.0 Å². The number of pyridine rings is 1. The Morgan fingerprint density at radius 1 is 1.39 bits per heavy atom. The third-order valence-electron chi connectivity index (χ3n) is 2.54. The topological polar surface area (TPSA) is 88.5 Å². The minimum Gasteiger partial charge on any atom is -0.347 e. The van der Waals surface area contributed by atoms with Gasteiger partial charge in [-0.15, -0.1) is 0 Å². The lowest BCUT2D eigenvalue weighted by Gasteiger charge is -2.05. The molecule has 0 saturated carbocycles. The van der Waals surface area contributed by atoms with E-state index in [2.05, 4.69) is 25.4 Å². The van der Waals surface area contributed by atoms with Gasteiger partial charge in [0.25, 0.3) is 5.56 Å². The highest BCUT2D eigenvalue weighted by atomic mass is 16.1. The van der Waals surface area contributed by atoms with Crippen LogP contribution in [-0.2, 0) is 7.05 Å². The van der Waals surface area contributed by atoms with Crippen LogP contribution in [-0.4, -0.2) is 24.7 Å². The molecule has 0 unspecified atom stereocenters. The van der Waals surface area contributed by atoms with Crippen LogP contribution < -0.4 is 10.9 Å². The molecule has 18 heavy (non-hydrogen) atoms. The largest absolute Gasteiger partial charge is 0.347 e. The van der Waals surface area contributed by atoms with Crippen LogP contribution in [0.5, 0.6) is 0 Å². The van der Waals surface area contributed by atoms with Gasteiger partial charge < -0.3 is 10.3 Å². The molecule has 0 aliphatic carbocycles. The number of aryl methyl sites for hydroxylation is 1. The summed E-state index contributed by atoms with van der Waals surface area (Å²) in [5.74, 6) is 0. The molecular weight excluding hydrogens is 232 g/mol. The molecule has 0 spiro atoms. The van der Waals surface area contributed by atoms with Crippen molar-refractivity contribution in [2.75, 3.05) is 5.32 Å². The first kappa shape index (κ1) is 10.5. The lowest BCUT2D eigenvalue weighted by Crippen LogP contribution is -2.11. The lowest BCUT2D eigenvalue weighted by atomic mass is 10.3. The molecule has 0 aromatic carbocycles. The van der Waals surface area contributed by atoms with E-state index in [0.717, 1.165) is 11.1 Å². The molecule has 0 atom stereocenters. The Labute approximate surface area is 102 Å². The van der Waals surface area contributed by atoms with Crippen LogP contribution >= 0.6 is 0 Å². The Morgan fingerprint density at radius 3 is 3.06 bits per heavy atom. The van der Waals surface area contributed by atoms with Crippen LogP contribution in [0, 0.1) is 0 Å². The number of aromatic amines is 1. The van der Waals surface area contributed by atoms with E-state index < -0.39 is 0 Å². The Morgan fingerprint density at radius 2 is 2.28 bits per heavy atom. The van der Waals surface area contributed by atoms with Crippen molar-refractivity contribution < 1.29 is 0 Å². The van der Waals surface area contributed by atoms with Gasteiger partial charge in [0.2, 0.25) is 0 Å². The molecule has 90 valence electrons. The van der Waals surface area contributed by atoms with Crippen molar-refractivity contribution in [1.82, 2.24) is 24.7 Å². The molecule has 0 bridgehead atoms. The summed E-state index contributed by atoms with van der Waals surface area (Å²) in [7, 11) is 1.81. The van der Waals surface area contributed by atoms with Crippen molar-refractivity contribution in [1.29, 1.82) is 0 Å². The zero-order valence-corrected chi connectivity index (χ0v) is 9.58. The van der Waals surface area contributed by atoms with Gasteiger partial charge in [-0.3, -0.25) is 9.48 Å². The van der Waals surface area contributed by atoms with Gasteiger partial charge in [-0.25, -0.2) is 9.97 Å². The van der Waals surface area contributed by atoms with E-state index in [1.807, 2.05) is 0 Å². The Balaban J connectivity index is 2.16. The second-order valence-electron chi connectivity index (χ2n) is 3.85. The molecule has 0 fully saturated rings. The van der Waals surface area contributed by atoms with Crippen molar-refractivity contribution in [2.45, 2.75) is 0 Å². The fraction of sp³-hybridized carbons (Fsp3) is 0.0909. The van der Waals surface area contributed by atoms with E-state index in [-0.39, 0.29) is 5.56 Å². The fourth-order valence-corrected chi connectivity index (χ4v) is 1.72.